The minimum absolute atomic E-state index is 0.110. The van der Waals surface area contributed by atoms with Crippen LogP contribution in [0.25, 0.3) is 0 Å². The van der Waals surface area contributed by atoms with Crippen LogP contribution < -0.4 is 5.32 Å². The lowest BCUT2D eigenvalue weighted by molar-refractivity contribution is -0.148. The molecule has 0 radical (unpaired) electrons. The van der Waals surface area contributed by atoms with E-state index in [1.807, 2.05) is 0 Å². The molecular formula is C15H26N2O3. The number of rotatable bonds is 5. The Balaban J connectivity index is 1.86. The second kappa shape index (κ2) is 7.07. The number of carbonyl (C=O) groups is 2. The summed E-state index contributed by atoms with van der Waals surface area (Å²) >= 11 is 0. The summed E-state index contributed by atoms with van der Waals surface area (Å²) in [6.45, 7) is 2.89. The Bertz CT molecular complexity index is 343. The number of nitrogens with one attached hydrogen (secondary N) is 1. The molecule has 1 aliphatic heterocycles. The van der Waals surface area contributed by atoms with Gasteiger partial charge >= 0.3 is 5.97 Å². The summed E-state index contributed by atoms with van der Waals surface area (Å²) in [5.74, 6) is -0.977. The van der Waals surface area contributed by atoms with Crippen LogP contribution in [-0.4, -0.2) is 47.1 Å². The van der Waals surface area contributed by atoms with Crippen molar-refractivity contribution in [1.82, 2.24) is 10.2 Å². The van der Waals surface area contributed by atoms with Crippen molar-refractivity contribution in [2.24, 2.45) is 0 Å². The zero-order chi connectivity index (χ0) is 14.4. The summed E-state index contributed by atoms with van der Waals surface area (Å²) < 4.78 is 0. The van der Waals surface area contributed by atoms with Crippen molar-refractivity contribution in [3.8, 4) is 0 Å². The molecular weight excluding hydrogens is 256 g/mol. The lowest BCUT2D eigenvalue weighted by Crippen LogP contribution is -2.54. The first-order chi connectivity index (χ1) is 9.62. The highest BCUT2D eigenvalue weighted by atomic mass is 16.4. The summed E-state index contributed by atoms with van der Waals surface area (Å²) in [6.07, 6.45) is 7.88. The minimum Gasteiger partial charge on any atom is -0.480 e. The zero-order valence-corrected chi connectivity index (χ0v) is 12.2. The van der Waals surface area contributed by atoms with Gasteiger partial charge in [0, 0.05) is 13.0 Å². The molecule has 0 unspecified atom stereocenters. The van der Waals surface area contributed by atoms with Gasteiger partial charge in [0.05, 0.1) is 0 Å². The Morgan fingerprint density at radius 3 is 2.15 bits per heavy atom. The van der Waals surface area contributed by atoms with Gasteiger partial charge in [0.15, 0.2) is 0 Å². The molecule has 1 saturated carbocycles. The molecule has 0 bridgehead atoms. The number of nitrogens with zero attached hydrogens (tertiary/aromatic N) is 1. The normalized spacial score (nSPS) is 23.2. The van der Waals surface area contributed by atoms with Crippen LogP contribution in [0.4, 0.5) is 0 Å². The third kappa shape index (κ3) is 3.95. The van der Waals surface area contributed by atoms with Crippen LogP contribution in [0, 0.1) is 0 Å². The highest BCUT2D eigenvalue weighted by molar-refractivity contribution is 5.87. The molecule has 1 saturated heterocycles. The molecule has 2 fully saturated rings. The fourth-order valence-corrected chi connectivity index (χ4v) is 3.32. The highest BCUT2D eigenvalue weighted by Gasteiger charge is 2.39. The third-order valence-electron chi connectivity index (χ3n) is 4.60. The minimum atomic E-state index is -1.02. The van der Waals surface area contributed by atoms with Crippen molar-refractivity contribution in [2.45, 2.75) is 63.3 Å². The molecule has 1 amide bonds. The van der Waals surface area contributed by atoms with E-state index in [1.165, 1.54) is 12.8 Å². The van der Waals surface area contributed by atoms with E-state index in [4.69, 9.17) is 0 Å². The Morgan fingerprint density at radius 1 is 1.00 bits per heavy atom. The van der Waals surface area contributed by atoms with E-state index in [2.05, 4.69) is 10.2 Å². The fourth-order valence-electron chi connectivity index (χ4n) is 3.32. The van der Waals surface area contributed by atoms with E-state index in [-0.39, 0.29) is 5.91 Å². The highest BCUT2D eigenvalue weighted by Crippen LogP contribution is 2.27. The molecule has 5 heteroatoms. The number of carboxylic acids is 1. The summed E-state index contributed by atoms with van der Waals surface area (Å²) in [5.41, 5.74) is -1.02. The molecule has 0 aromatic carbocycles. The number of carboxylic acid groups (broad SMARTS) is 1. The van der Waals surface area contributed by atoms with Crippen LogP contribution in [0.15, 0.2) is 0 Å². The van der Waals surface area contributed by atoms with Crippen molar-refractivity contribution < 1.29 is 14.7 Å². The zero-order valence-electron chi connectivity index (χ0n) is 12.2. The maximum absolute atomic E-state index is 12.1. The second-order valence-corrected chi connectivity index (χ2v) is 6.15. The van der Waals surface area contributed by atoms with Gasteiger partial charge in [-0.1, -0.05) is 25.7 Å². The van der Waals surface area contributed by atoms with Crippen molar-refractivity contribution in [1.29, 1.82) is 0 Å². The fraction of sp³-hybridized carbons (Fsp3) is 0.867. The predicted octanol–water partition coefficient (Wildman–Crippen LogP) is 1.77. The van der Waals surface area contributed by atoms with E-state index in [0.29, 0.717) is 19.3 Å². The predicted molar refractivity (Wildman–Crippen MR) is 76.5 cm³/mol. The average molecular weight is 282 g/mol. The van der Waals surface area contributed by atoms with Crippen LogP contribution in [0.2, 0.25) is 0 Å². The van der Waals surface area contributed by atoms with Crippen LogP contribution in [0.3, 0.4) is 0 Å². The number of aliphatic carboxylic acids is 1. The molecule has 1 heterocycles. The first-order valence-corrected chi connectivity index (χ1v) is 7.89. The molecule has 0 atom stereocenters. The van der Waals surface area contributed by atoms with Crippen molar-refractivity contribution >= 4 is 11.9 Å². The molecule has 5 nitrogen and oxygen atoms in total. The van der Waals surface area contributed by atoms with Gasteiger partial charge in [0.1, 0.15) is 5.54 Å². The third-order valence-corrected chi connectivity index (χ3v) is 4.60. The van der Waals surface area contributed by atoms with Crippen LogP contribution in [-0.2, 0) is 9.59 Å². The van der Waals surface area contributed by atoms with Gasteiger partial charge < -0.3 is 15.3 Å². The van der Waals surface area contributed by atoms with Gasteiger partial charge in [-0.05, 0) is 38.8 Å². The maximum Gasteiger partial charge on any atom is 0.329 e. The standard InChI is InChI=1S/C15H26N2O3/c18-13(7-12-17-10-5-6-11-17)16-15(14(19)20)8-3-1-2-4-9-15/h1-12H2,(H,16,18)(H,19,20). The summed E-state index contributed by atoms with van der Waals surface area (Å²) in [7, 11) is 0. The second-order valence-electron chi connectivity index (χ2n) is 6.15. The van der Waals surface area contributed by atoms with E-state index >= 15 is 0 Å². The SMILES string of the molecule is O=C(CCN1CCCC1)NC1(C(=O)O)CCCCCC1. The molecule has 114 valence electrons. The van der Waals surface area contributed by atoms with E-state index in [1.54, 1.807) is 0 Å². The van der Waals surface area contributed by atoms with Crippen molar-refractivity contribution in [3.63, 3.8) is 0 Å². The van der Waals surface area contributed by atoms with Gasteiger partial charge in [-0.25, -0.2) is 4.79 Å². The van der Waals surface area contributed by atoms with Crippen LogP contribution in [0.1, 0.15) is 57.8 Å². The molecule has 2 rings (SSSR count). The number of likely N-dealkylation sites (tertiary alicyclic amines) is 1. The number of carbonyl (C=O) groups excluding carboxylic acids is 1. The maximum atomic E-state index is 12.1. The Morgan fingerprint density at radius 2 is 1.60 bits per heavy atom. The quantitative estimate of drug-likeness (QED) is 0.754. The lowest BCUT2D eigenvalue weighted by Gasteiger charge is -2.29. The molecule has 0 aromatic heterocycles. The average Bonchev–Trinajstić information content (AvgIpc) is 2.82. The summed E-state index contributed by atoms with van der Waals surface area (Å²) in [5, 5.41) is 12.3. The monoisotopic (exact) mass is 282 g/mol. The lowest BCUT2D eigenvalue weighted by atomic mass is 9.90. The smallest absolute Gasteiger partial charge is 0.329 e. The number of hydrogen-bond donors (Lipinski definition) is 2. The van der Waals surface area contributed by atoms with Gasteiger partial charge in [0.25, 0.3) is 0 Å². The van der Waals surface area contributed by atoms with E-state index < -0.39 is 11.5 Å². The van der Waals surface area contributed by atoms with Gasteiger partial charge in [-0.15, -0.1) is 0 Å². The number of hydrogen-bond acceptors (Lipinski definition) is 3. The van der Waals surface area contributed by atoms with Gasteiger partial charge in [-0.3, -0.25) is 4.79 Å². The van der Waals surface area contributed by atoms with Gasteiger partial charge in [0.2, 0.25) is 5.91 Å². The van der Waals surface area contributed by atoms with E-state index in [9.17, 15) is 14.7 Å². The molecule has 2 N–H and O–H groups in total. The van der Waals surface area contributed by atoms with Crippen LogP contribution in [0.5, 0.6) is 0 Å². The molecule has 0 aromatic rings. The Hall–Kier alpha value is -1.10. The molecule has 20 heavy (non-hydrogen) atoms. The van der Waals surface area contributed by atoms with Crippen LogP contribution >= 0.6 is 0 Å². The first-order valence-electron chi connectivity index (χ1n) is 7.89. The number of amides is 1. The molecule has 0 spiro atoms. The first kappa shape index (κ1) is 15.3. The topological polar surface area (TPSA) is 69.6 Å². The molecule has 1 aliphatic carbocycles. The Kier molecular flexibility index (Phi) is 5.40. The molecule has 2 aliphatic rings. The summed E-state index contributed by atoms with van der Waals surface area (Å²) in [4.78, 5) is 26.0. The van der Waals surface area contributed by atoms with Gasteiger partial charge in [-0.2, -0.15) is 0 Å². The van der Waals surface area contributed by atoms with Crippen molar-refractivity contribution in [2.75, 3.05) is 19.6 Å². The van der Waals surface area contributed by atoms with E-state index in [0.717, 1.165) is 45.3 Å². The summed E-state index contributed by atoms with van der Waals surface area (Å²) in [6, 6.07) is 0. The van der Waals surface area contributed by atoms with Crippen molar-refractivity contribution in [3.05, 3.63) is 0 Å². The largest absolute Gasteiger partial charge is 0.480 e. The Labute approximate surface area is 120 Å².